The molecule has 0 saturated carbocycles. The number of fused-ring (bicyclic) bond motifs is 1. The zero-order valence-corrected chi connectivity index (χ0v) is 16.5. The molecule has 2 aromatic rings. The molecule has 1 N–H and O–H groups in total. The van der Waals surface area contributed by atoms with Gasteiger partial charge in [-0.1, -0.05) is 18.2 Å². The van der Waals surface area contributed by atoms with E-state index >= 15 is 0 Å². The van der Waals surface area contributed by atoms with Crippen molar-refractivity contribution in [1.29, 1.82) is 0 Å². The molecule has 0 atom stereocenters. The zero-order valence-electron chi connectivity index (χ0n) is 14.8. The smallest absolute Gasteiger partial charge is 0.341 e. The number of hydrogen-bond donors (Lipinski definition) is 1. The maximum absolute atomic E-state index is 12.4. The van der Waals surface area contributed by atoms with Crippen LogP contribution in [0, 0.1) is 6.92 Å². The predicted octanol–water partition coefficient (Wildman–Crippen LogP) is 3.63. The van der Waals surface area contributed by atoms with Gasteiger partial charge in [-0.05, 0) is 44.2 Å². The standard InChI is InChI=1S/C18H21N3O3S2/c1-11-8-9-19-18(20-11)25-10-14(22)21-16-15(17(23)24-2)12-6-4-3-5-7-13(12)26-16/h8-9H,3-7,10H2,1-2H3,(H,21,22). The first-order chi connectivity index (χ1) is 12.6. The molecule has 2 aromatic heterocycles. The van der Waals surface area contributed by atoms with Crippen LogP contribution in [0.2, 0.25) is 0 Å². The molecule has 0 bridgehead atoms. The second kappa shape index (κ2) is 8.64. The van der Waals surface area contributed by atoms with Crippen molar-refractivity contribution < 1.29 is 14.3 Å². The molecule has 1 aliphatic rings. The van der Waals surface area contributed by atoms with Gasteiger partial charge in [-0.25, -0.2) is 14.8 Å². The van der Waals surface area contributed by atoms with Gasteiger partial charge in [0.2, 0.25) is 5.91 Å². The first-order valence-corrected chi connectivity index (χ1v) is 10.3. The summed E-state index contributed by atoms with van der Waals surface area (Å²) in [5.41, 5.74) is 2.43. The van der Waals surface area contributed by atoms with E-state index in [1.54, 1.807) is 6.20 Å². The number of thioether (sulfide) groups is 1. The van der Waals surface area contributed by atoms with Crippen LogP contribution in [0.1, 0.15) is 45.8 Å². The molecular weight excluding hydrogens is 370 g/mol. The molecule has 26 heavy (non-hydrogen) atoms. The van der Waals surface area contributed by atoms with E-state index in [1.807, 2.05) is 13.0 Å². The van der Waals surface area contributed by atoms with Crippen LogP contribution < -0.4 is 5.32 Å². The van der Waals surface area contributed by atoms with E-state index in [2.05, 4.69) is 15.3 Å². The average Bonchev–Trinajstić information content (AvgIpc) is 2.80. The van der Waals surface area contributed by atoms with Gasteiger partial charge in [0.1, 0.15) is 5.00 Å². The highest BCUT2D eigenvalue weighted by Crippen LogP contribution is 2.38. The van der Waals surface area contributed by atoms with Crippen LogP contribution in [-0.2, 0) is 22.4 Å². The Morgan fingerprint density at radius 2 is 2.12 bits per heavy atom. The van der Waals surface area contributed by atoms with Crippen molar-refractivity contribution in [3.8, 4) is 0 Å². The van der Waals surface area contributed by atoms with Crippen molar-refractivity contribution in [2.75, 3.05) is 18.2 Å². The van der Waals surface area contributed by atoms with Crippen molar-refractivity contribution in [3.05, 3.63) is 34.0 Å². The molecule has 0 spiro atoms. The molecule has 3 rings (SSSR count). The first kappa shape index (κ1) is 18.8. The van der Waals surface area contributed by atoms with E-state index in [0.29, 0.717) is 15.7 Å². The Morgan fingerprint density at radius 3 is 2.88 bits per heavy atom. The van der Waals surface area contributed by atoms with Gasteiger partial charge in [0.05, 0.1) is 18.4 Å². The number of amides is 1. The Kier molecular flexibility index (Phi) is 6.26. The topological polar surface area (TPSA) is 81.2 Å². The number of carbonyl (C=O) groups excluding carboxylic acids is 2. The van der Waals surface area contributed by atoms with Gasteiger partial charge in [0.25, 0.3) is 0 Å². The lowest BCUT2D eigenvalue weighted by molar-refractivity contribution is -0.113. The number of thiophene rings is 1. The Morgan fingerprint density at radius 1 is 1.31 bits per heavy atom. The summed E-state index contributed by atoms with van der Waals surface area (Å²) < 4.78 is 4.96. The summed E-state index contributed by atoms with van der Waals surface area (Å²) in [6.07, 6.45) is 6.82. The number of ether oxygens (including phenoxy) is 1. The monoisotopic (exact) mass is 391 g/mol. The fraction of sp³-hybridized carbons (Fsp3) is 0.444. The largest absolute Gasteiger partial charge is 0.465 e. The molecule has 8 heteroatoms. The highest BCUT2D eigenvalue weighted by molar-refractivity contribution is 7.99. The number of aromatic nitrogens is 2. The third kappa shape index (κ3) is 4.42. The van der Waals surface area contributed by atoms with Gasteiger partial charge in [-0.3, -0.25) is 4.79 Å². The van der Waals surface area contributed by atoms with Crippen LogP contribution in [0.5, 0.6) is 0 Å². The third-order valence-corrected chi connectivity index (χ3v) is 6.24. The number of carbonyl (C=O) groups is 2. The minimum absolute atomic E-state index is 0.179. The molecule has 0 radical (unpaired) electrons. The molecule has 0 fully saturated rings. The highest BCUT2D eigenvalue weighted by atomic mass is 32.2. The van der Waals surface area contributed by atoms with Crippen LogP contribution in [0.4, 0.5) is 5.00 Å². The Labute approximate surface area is 160 Å². The summed E-state index contributed by atoms with van der Waals surface area (Å²) in [7, 11) is 1.37. The number of anilines is 1. The second-order valence-electron chi connectivity index (χ2n) is 6.08. The molecule has 0 unspecified atom stereocenters. The van der Waals surface area contributed by atoms with Gasteiger partial charge < -0.3 is 10.1 Å². The summed E-state index contributed by atoms with van der Waals surface area (Å²) in [4.78, 5) is 34.3. The Balaban J connectivity index is 1.74. The number of aryl methyl sites for hydroxylation is 2. The summed E-state index contributed by atoms with van der Waals surface area (Å²) in [5, 5.41) is 4.05. The normalized spacial score (nSPS) is 13.6. The summed E-state index contributed by atoms with van der Waals surface area (Å²) in [6, 6.07) is 1.81. The minimum atomic E-state index is -0.380. The maximum Gasteiger partial charge on any atom is 0.341 e. The number of esters is 1. The average molecular weight is 392 g/mol. The molecule has 0 saturated heterocycles. The molecule has 0 aromatic carbocycles. The zero-order chi connectivity index (χ0) is 18.5. The molecule has 1 aliphatic carbocycles. The van der Waals surface area contributed by atoms with E-state index in [-0.39, 0.29) is 17.6 Å². The highest BCUT2D eigenvalue weighted by Gasteiger charge is 2.26. The molecular formula is C18H21N3O3S2. The van der Waals surface area contributed by atoms with Crippen LogP contribution in [0.15, 0.2) is 17.4 Å². The van der Waals surface area contributed by atoms with Gasteiger partial charge >= 0.3 is 5.97 Å². The second-order valence-corrected chi connectivity index (χ2v) is 8.13. The van der Waals surface area contributed by atoms with E-state index in [0.717, 1.165) is 43.4 Å². The van der Waals surface area contributed by atoms with Crippen molar-refractivity contribution in [1.82, 2.24) is 9.97 Å². The quantitative estimate of drug-likeness (QED) is 0.363. The summed E-state index contributed by atoms with van der Waals surface area (Å²) in [6.45, 7) is 1.88. The lowest BCUT2D eigenvalue weighted by Gasteiger charge is -2.07. The predicted molar refractivity (Wildman–Crippen MR) is 103 cm³/mol. The Bertz CT molecular complexity index is 820. The van der Waals surface area contributed by atoms with Crippen LogP contribution in [-0.4, -0.2) is 34.7 Å². The van der Waals surface area contributed by atoms with Crippen molar-refractivity contribution in [3.63, 3.8) is 0 Å². The van der Waals surface area contributed by atoms with Gasteiger partial charge in [-0.2, -0.15) is 0 Å². The SMILES string of the molecule is COC(=O)c1c(NC(=O)CSc2nccc(C)n2)sc2c1CCCCC2. The number of nitrogens with one attached hydrogen (secondary N) is 1. The lowest BCUT2D eigenvalue weighted by Crippen LogP contribution is -2.16. The van der Waals surface area contributed by atoms with E-state index in [4.69, 9.17) is 4.74 Å². The van der Waals surface area contributed by atoms with E-state index in [1.165, 1.54) is 35.1 Å². The Hall–Kier alpha value is -1.93. The number of methoxy groups -OCH3 is 1. The van der Waals surface area contributed by atoms with Crippen LogP contribution >= 0.6 is 23.1 Å². The third-order valence-electron chi connectivity index (χ3n) is 4.17. The first-order valence-electron chi connectivity index (χ1n) is 8.53. The van der Waals surface area contributed by atoms with Crippen LogP contribution in [0.3, 0.4) is 0 Å². The summed E-state index contributed by atoms with van der Waals surface area (Å²) in [5.74, 6) is -0.372. The van der Waals surface area contributed by atoms with E-state index in [9.17, 15) is 9.59 Å². The van der Waals surface area contributed by atoms with Crippen molar-refractivity contribution in [2.45, 2.75) is 44.2 Å². The van der Waals surface area contributed by atoms with Gasteiger partial charge in [-0.15, -0.1) is 11.3 Å². The number of nitrogens with zero attached hydrogens (tertiary/aromatic N) is 2. The molecule has 1 amide bonds. The minimum Gasteiger partial charge on any atom is -0.465 e. The fourth-order valence-corrected chi connectivity index (χ4v) is 4.91. The van der Waals surface area contributed by atoms with E-state index < -0.39 is 0 Å². The van der Waals surface area contributed by atoms with Gasteiger partial charge in [0, 0.05) is 16.8 Å². The number of rotatable bonds is 5. The molecule has 2 heterocycles. The summed E-state index contributed by atoms with van der Waals surface area (Å²) >= 11 is 2.77. The maximum atomic E-state index is 12.4. The fourth-order valence-electron chi connectivity index (χ4n) is 2.94. The molecule has 138 valence electrons. The molecule has 0 aliphatic heterocycles. The van der Waals surface area contributed by atoms with Gasteiger partial charge in [0.15, 0.2) is 5.16 Å². The lowest BCUT2D eigenvalue weighted by atomic mass is 10.1. The van der Waals surface area contributed by atoms with Crippen molar-refractivity contribution >= 4 is 40.0 Å². The number of hydrogen-bond acceptors (Lipinski definition) is 7. The van der Waals surface area contributed by atoms with Crippen LogP contribution in [0.25, 0.3) is 0 Å². The van der Waals surface area contributed by atoms with Crippen molar-refractivity contribution in [2.24, 2.45) is 0 Å². The molecule has 6 nitrogen and oxygen atoms in total.